The van der Waals surface area contributed by atoms with Crippen LogP contribution in [0.4, 0.5) is 13.2 Å². The molecule has 0 amide bonds. The lowest BCUT2D eigenvalue weighted by atomic mass is 9.98. The molecule has 1 aliphatic heterocycles. The number of halogens is 3. The molecule has 1 heterocycles. The van der Waals surface area contributed by atoms with E-state index in [4.69, 9.17) is 4.74 Å². The van der Waals surface area contributed by atoms with Crippen LogP contribution in [-0.4, -0.2) is 38.2 Å². The van der Waals surface area contributed by atoms with Crippen molar-refractivity contribution in [3.63, 3.8) is 0 Å². The van der Waals surface area contributed by atoms with E-state index in [-0.39, 0.29) is 11.8 Å². The van der Waals surface area contributed by atoms with Crippen molar-refractivity contribution in [2.45, 2.75) is 18.6 Å². The molecule has 122 valence electrons. The minimum atomic E-state index is -4.37. The summed E-state index contributed by atoms with van der Waals surface area (Å²) in [5, 5.41) is 3.27. The maximum Gasteiger partial charge on any atom is 0.416 e. The molecule has 0 aromatic heterocycles. The Labute approximate surface area is 128 Å². The summed E-state index contributed by atoms with van der Waals surface area (Å²) in [5.41, 5.74) is 0.0862. The van der Waals surface area contributed by atoms with Crippen molar-refractivity contribution in [3.05, 3.63) is 42.0 Å². The first-order valence-corrected chi connectivity index (χ1v) is 7.28. The van der Waals surface area contributed by atoms with E-state index in [1.165, 1.54) is 13.2 Å². The largest absolute Gasteiger partial charge is 0.496 e. The number of ether oxygens (including phenoxy) is 1. The highest BCUT2D eigenvalue weighted by Gasteiger charge is 2.32. The number of methoxy groups -OCH3 is 1. The van der Waals surface area contributed by atoms with Gasteiger partial charge in [-0.15, -0.1) is 6.58 Å². The summed E-state index contributed by atoms with van der Waals surface area (Å²) in [4.78, 5) is 2.25. The molecule has 0 unspecified atom stereocenters. The predicted octanol–water partition coefficient (Wildman–Crippen LogP) is 3.24. The molecule has 0 aliphatic carbocycles. The van der Waals surface area contributed by atoms with E-state index >= 15 is 0 Å². The molecule has 1 aliphatic rings. The zero-order chi connectivity index (χ0) is 16.2. The van der Waals surface area contributed by atoms with Gasteiger partial charge in [-0.05, 0) is 18.6 Å². The molecular formula is C16H21F3N2O. The highest BCUT2D eigenvalue weighted by molar-refractivity contribution is 5.41. The monoisotopic (exact) mass is 314 g/mol. The smallest absolute Gasteiger partial charge is 0.416 e. The number of nitrogens with zero attached hydrogens (tertiary/aromatic N) is 1. The first kappa shape index (κ1) is 16.8. The van der Waals surface area contributed by atoms with E-state index in [1.807, 2.05) is 0 Å². The molecular weight excluding hydrogens is 293 g/mol. The third-order valence-electron chi connectivity index (χ3n) is 3.90. The average Bonchev–Trinajstić information content (AvgIpc) is 2.52. The molecule has 1 saturated heterocycles. The summed E-state index contributed by atoms with van der Waals surface area (Å²) in [5.74, 6) is 0.278. The quantitative estimate of drug-likeness (QED) is 0.845. The zero-order valence-electron chi connectivity index (χ0n) is 12.6. The molecule has 22 heavy (non-hydrogen) atoms. The maximum absolute atomic E-state index is 12.8. The molecule has 6 heteroatoms. The normalized spacial score (nSPS) is 18.0. The third kappa shape index (κ3) is 3.81. The molecule has 1 N–H and O–H groups in total. The number of piperazine rings is 1. The minimum absolute atomic E-state index is 0.0168. The number of hydrogen-bond acceptors (Lipinski definition) is 3. The Morgan fingerprint density at radius 3 is 2.59 bits per heavy atom. The second-order valence-corrected chi connectivity index (χ2v) is 5.28. The minimum Gasteiger partial charge on any atom is -0.496 e. The fourth-order valence-corrected chi connectivity index (χ4v) is 2.79. The van der Waals surface area contributed by atoms with Crippen molar-refractivity contribution in [1.82, 2.24) is 10.2 Å². The van der Waals surface area contributed by atoms with Gasteiger partial charge in [0.15, 0.2) is 0 Å². The highest BCUT2D eigenvalue weighted by atomic mass is 19.4. The van der Waals surface area contributed by atoms with E-state index < -0.39 is 11.7 Å². The molecule has 0 radical (unpaired) electrons. The molecule has 2 rings (SSSR count). The van der Waals surface area contributed by atoms with Gasteiger partial charge < -0.3 is 10.1 Å². The Kier molecular flexibility index (Phi) is 5.47. The summed E-state index contributed by atoms with van der Waals surface area (Å²) in [6, 6.07) is 3.71. The van der Waals surface area contributed by atoms with Gasteiger partial charge in [-0.2, -0.15) is 13.2 Å². The number of nitrogens with one attached hydrogen (secondary N) is 1. The summed E-state index contributed by atoms with van der Waals surface area (Å²) in [6.07, 6.45) is -1.90. The van der Waals surface area contributed by atoms with Crippen LogP contribution < -0.4 is 10.1 Å². The Morgan fingerprint density at radius 2 is 2.05 bits per heavy atom. The van der Waals surface area contributed by atoms with Gasteiger partial charge in [0.25, 0.3) is 0 Å². The molecule has 0 spiro atoms. The van der Waals surface area contributed by atoms with E-state index in [2.05, 4.69) is 16.8 Å². The van der Waals surface area contributed by atoms with Gasteiger partial charge >= 0.3 is 6.18 Å². The number of benzene rings is 1. The SMILES string of the molecule is C=CC[C@@H](c1ccc(C(F)(F)F)cc1OC)N1CCNCC1. The third-order valence-corrected chi connectivity index (χ3v) is 3.90. The highest BCUT2D eigenvalue weighted by Crippen LogP contribution is 2.37. The molecule has 1 aromatic carbocycles. The number of rotatable bonds is 5. The molecule has 1 fully saturated rings. The van der Waals surface area contributed by atoms with Crippen molar-refractivity contribution in [2.75, 3.05) is 33.3 Å². The van der Waals surface area contributed by atoms with Gasteiger partial charge in [0, 0.05) is 37.8 Å². The summed E-state index contributed by atoms with van der Waals surface area (Å²) in [6.45, 7) is 7.21. The first-order chi connectivity index (χ1) is 10.5. The molecule has 1 aromatic rings. The Morgan fingerprint density at radius 1 is 1.36 bits per heavy atom. The van der Waals surface area contributed by atoms with Crippen molar-refractivity contribution in [1.29, 1.82) is 0 Å². The fraction of sp³-hybridized carbons (Fsp3) is 0.500. The van der Waals surface area contributed by atoms with Gasteiger partial charge in [0.1, 0.15) is 5.75 Å². The van der Waals surface area contributed by atoms with Gasteiger partial charge in [-0.1, -0.05) is 12.1 Å². The van der Waals surface area contributed by atoms with Gasteiger partial charge in [-0.25, -0.2) is 0 Å². The summed E-state index contributed by atoms with van der Waals surface area (Å²) < 4.78 is 43.8. The Bertz CT molecular complexity index is 511. The maximum atomic E-state index is 12.8. The fourth-order valence-electron chi connectivity index (χ4n) is 2.79. The summed E-state index contributed by atoms with van der Waals surface area (Å²) >= 11 is 0. The first-order valence-electron chi connectivity index (χ1n) is 7.28. The van der Waals surface area contributed by atoms with Gasteiger partial charge in [-0.3, -0.25) is 4.90 Å². The van der Waals surface area contributed by atoms with E-state index in [9.17, 15) is 13.2 Å². The average molecular weight is 314 g/mol. The Hall–Kier alpha value is -1.53. The van der Waals surface area contributed by atoms with Crippen LogP contribution in [0.3, 0.4) is 0 Å². The second kappa shape index (κ2) is 7.15. The standard InChI is InChI=1S/C16H21F3N2O/c1-3-4-14(21-9-7-20-8-10-21)13-6-5-12(16(17,18)19)11-15(13)22-2/h3,5-6,11,14,20H,1,4,7-10H2,2H3/t14-/m0/s1. The zero-order valence-corrected chi connectivity index (χ0v) is 12.6. The number of alkyl halides is 3. The van der Waals surface area contributed by atoms with Crippen molar-refractivity contribution >= 4 is 0 Å². The van der Waals surface area contributed by atoms with E-state index in [1.54, 1.807) is 6.08 Å². The van der Waals surface area contributed by atoms with Gasteiger partial charge in [0.2, 0.25) is 0 Å². The second-order valence-electron chi connectivity index (χ2n) is 5.28. The van der Waals surface area contributed by atoms with Crippen molar-refractivity contribution in [3.8, 4) is 5.75 Å². The number of hydrogen-bond donors (Lipinski definition) is 1. The van der Waals surface area contributed by atoms with Crippen molar-refractivity contribution in [2.24, 2.45) is 0 Å². The van der Waals surface area contributed by atoms with Crippen LogP contribution in [0, 0.1) is 0 Å². The predicted molar refractivity (Wildman–Crippen MR) is 80.0 cm³/mol. The summed E-state index contributed by atoms with van der Waals surface area (Å²) in [7, 11) is 1.40. The van der Waals surface area contributed by atoms with Crippen LogP contribution in [-0.2, 0) is 6.18 Å². The topological polar surface area (TPSA) is 24.5 Å². The van der Waals surface area contributed by atoms with Crippen LogP contribution in [0.5, 0.6) is 5.75 Å². The molecule has 1 atom stereocenters. The van der Waals surface area contributed by atoms with E-state index in [0.29, 0.717) is 6.42 Å². The Balaban J connectivity index is 2.35. The molecule has 0 bridgehead atoms. The molecule has 0 saturated carbocycles. The van der Waals surface area contributed by atoms with Crippen molar-refractivity contribution < 1.29 is 17.9 Å². The lowest BCUT2D eigenvalue weighted by Crippen LogP contribution is -2.45. The van der Waals surface area contributed by atoms with Crippen LogP contribution in [0.2, 0.25) is 0 Å². The lowest BCUT2D eigenvalue weighted by Gasteiger charge is -2.35. The molecule has 3 nitrogen and oxygen atoms in total. The van der Waals surface area contributed by atoms with Crippen LogP contribution >= 0.6 is 0 Å². The van der Waals surface area contributed by atoms with Crippen LogP contribution in [0.25, 0.3) is 0 Å². The lowest BCUT2D eigenvalue weighted by molar-refractivity contribution is -0.137. The van der Waals surface area contributed by atoms with Gasteiger partial charge in [0.05, 0.1) is 12.7 Å². The van der Waals surface area contributed by atoms with Crippen LogP contribution in [0.1, 0.15) is 23.6 Å². The van der Waals surface area contributed by atoms with E-state index in [0.717, 1.165) is 43.9 Å². The van der Waals surface area contributed by atoms with Crippen LogP contribution in [0.15, 0.2) is 30.9 Å².